The van der Waals surface area contributed by atoms with Crippen LogP contribution in [-0.2, 0) is 14.8 Å². The number of carbonyl (C=O) groups is 1. The fourth-order valence-corrected chi connectivity index (χ4v) is 3.48. The predicted octanol–water partition coefficient (Wildman–Crippen LogP) is 0.335. The number of hydrogen-bond acceptors (Lipinski definition) is 3. The third-order valence-electron chi connectivity index (χ3n) is 2.85. The van der Waals surface area contributed by atoms with E-state index in [4.69, 9.17) is 0 Å². The van der Waals surface area contributed by atoms with E-state index in [2.05, 4.69) is 5.32 Å². The average Bonchev–Trinajstić information content (AvgIpc) is 2.32. The molecule has 5 nitrogen and oxygen atoms in total. The number of nitrogens with one attached hydrogen (secondary N) is 1. The van der Waals surface area contributed by atoms with Crippen LogP contribution in [0.5, 0.6) is 0 Å². The first-order chi connectivity index (χ1) is 8.43. The van der Waals surface area contributed by atoms with Gasteiger partial charge in [-0.1, -0.05) is 6.07 Å². The molecule has 0 aromatic heterocycles. The van der Waals surface area contributed by atoms with Crippen LogP contribution in [0, 0.1) is 5.82 Å². The zero-order valence-corrected chi connectivity index (χ0v) is 10.6. The lowest BCUT2D eigenvalue weighted by atomic mass is 10.2. The van der Waals surface area contributed by atoms with Gasteiger partial charge in [0.2, 0.25) is 15.9 Å². The molecule has 1 amide bonds. The molecular formula is C11H13FN2O3S. The minimum atomic E-state index is -3.83. The number of hydrogen-bond donors (Lipinski definition) is 1. The van der Waals surface area contributed by atoms with E-state index < -0.39 is 21.9 Å². The first-order valence-electron chi connectivity index (χ1n) is 5.48. The van der Waals surface area contributed by atoms with Gasteiger partial charge in [0, 0.05) is 13.1 Å². The van der Waals surface area contributed by atoms with Crippen molar-refractivity contribution in [3.8, 4) is 0 Å². The van der Waals surface area contributed by atoms with Gasteiger partial charge in [-0.25, -0.2) is 12.8 Å². The number of rotatable bonds is 2. The summed E-state index contributed by atoms with van der Waals surface area (Å²) in [5, 5.41) is 2.58. The van der Waals surface area contributed by atoms with Gasteiger partial charge in [-0.3, -0.25) is 4.79 Å². The monoisotopic (exact) mass is 272 g/mol. The summed E-state index contributed by atoms with van der Waals surface area (Å²) >= 11 is 0. The van der Waals surface area contributed by atoms with E-state index in [1.54, 1.807) is 0 Å². The van der Waals surface area contributed by atoms with Gasteiger partial charge in [0.05, 0.1) is 4.90 Å². The molecule has 0 radical (unpaired) electrons. The van der Waals surface area contributed by atoms with Gasteiger partial charge in [0.1, 0.15) is 11.9 Å². The molecule has 1 aromatic rings. The van der Waals surface area contributed by atoms with Gasteiger partial charge in [0.15, 0.2) is 0 Å². The van der Waals surface area contributed by atoms with E-state index >= 15 is 0 Å². The highest BCUT2D eigenvalue weighted by molar-refractivity contribution is 7.89. The molecule has 1 aromatic carbocycles. The minimum Gasteiger partial charge on any atom is -0.353 e. The smallest absolute Gasteiger partial charge is 0.243 e. The molecule has 1 aliphatic rings. The fourth-order valence-electron chi connectivity index (χ4n) is 1.85. The van der Waals surface area contributed by atoms with Crippen molar-refractivity contribution in [2.45, 2.75) is 17.9 Å². The van der Waals surface area contributed by atoms with Gasteiger partial charge in [-0.2, -0.15) is 4.31 Å². The van der Waals surface area contributed by atoms with Crippen molar-refractivity contribution < 1.29 is 17.6 Å². The fraction of sp³-hybridized carbons (Fsp3) is 0.364. The zero-order valence-electron chi connectivity index (χ0n) is 9.76. The molecule has 7 heteroatoms. The molecule has 1 unspecified atom stereocenters. The van der Waals surface area contributed by atoms with E-state index in [1.165, 1.54) is 25.1 Å². The Morgan fingerprint density at radius 3 is 2.83 bits per heavy atom. The summed E-state index contributed by atoms with van der Waals surface area (Å²) in [6.07, 6.45) is 0. The maximum atomic E-state index is 13.1. The molecule has 1 atom stereocenters. The van der Waals surface area contributed by atoms with Gasteiger partial charge >= 0.3 is 0 Å². The van der Waals surface area contributed by atoms with E-state index in [0.717, 1.165) is 10.4 Å². The summed E-state index contributed by atoms with van der Waals surface area (Å²) in [7, 11) is -3.83. The summed E-state index contributed by atoms with van der Waals surface area (Å²) in [5.41, 5.74) is 0. The Balaban J connectivity index is 2.39. The van der Waals surface area contributed by atoms with Crippen LogP contribution in [0.25, 0.3) is 0 Å². The van der Waals surface area contributed by atoms with E-state index in [9.17, 15) is 17.6 Å². The highest BCUT2D eigenvalue weighted by atomic mass is 32.2. The third kappa shape index (κ3) is 2.23. The molecular weight excluding hydrogens is 259 g/mol. The van der Waals surface area contributed by atoms with E-state index in [1.807, 2.05) is 0 Å². The molecule has 1 saturated heterocycles. The number of piperazine rings is 1. The Labute approximate surface area is 105 Å². The topological polar surface area (TPSA) is 66.5 Å². The number of amides is 1. The normalized spacial score (nSPS) is 21.7. The highest BCUT2D eigenvalue weighted by Crippen LogP contribution is 2.20. The highest BCUT2D eigenvalue weighted by Gasteiger charge is 2.35. The van der Waals surface area contributed by atoms with Crippen molar-refractivity contribution in [2.24, 2.45) is 0 Å². The number of sulfonamides is 1. The maximum Gasteiger partial charge on any atom is 0.243 e. The Kier molecular flexibility index (Phi) is 3.36. The predicted molar refractivity (Wildman–Crippen MR) is 62.8 cm³/mol. The minimum absolute atomic E-state index is 0.135. The summed E-state index contributed by atoms with van der Waals surface area (Å²) in [6.45, 7) is 1.95. The van der Waals surface area contributed by atoms with Gasteiger partial charge < -0.3 is 5.32 Å². The summed E-state index contributed by atoms with van der Waals surface area (Å²) < 4.78 is 38.7. The number of benzene rings is 1. The van der Waals surface area contributed by atoms with Crippen molar-refractivity contribution in [1.29, 1.82) is 0 Å². The number of nitrogens with zero attached hydrogens (tertiary/aromatic N) is 1. The summed E-state index contributed by atoms with van der Waals surface area (Å²) in [4.78, 5) is 11.3. The van der Waals surface area contributed by atoms with Crippen molar-refractivity contribution >= 4 is 15.9 Å². The molecule has 1 heterocycles. The Bertz CT molecular complexity index is 573. The standard InChI is InChI=1S/C11H13FN2O3S/c1-8-11(15)13-5-6-14(8)18(16,17)10-4-2-3-9(12)7-10/h2-4,7-8H,5-6H2,1H3,(H,13,15). The van der Waals surface area contributed by atoms with Crippen LogP contribution in [0.15, 0.2) is 29.2 Å². The summed E-state index contributed by atoms with van der Waals surface area (Å²) in [5.74, 6) is -0.966. The van der Waals surface area contributed by atoms with Crippen LogP contribution in [-0.4, -0.2) is 37.8 Å². The van der Waals surface area contributed by atoms with Gasteiger partial charge in [-0.05, 0) is 25.1 Å². The molecule has 0 aliphatic carbocycles. The van der Waals surface area contributed by atoms with Crippen LogP contribution < -0.4 is 5.32 Å². The molecule has 2 rings (SSSR count). The van der Waals surface area contributed by atoms with E-state index in [0.29, 0.717) is 0 Å². The van der Waals surface area contributed by atoms with Crippen LogP contribution in [0.2, 0.25) is 0 Å². The van der Waals surface area contributed by atoms with Crippen LogP contribution in [0.3, 0.4) is 0 Å². The third-order valence-corrected chi connectivity index (χ3v) is 4.81. The molecule has 0 saturated carbocycles. The van der Waals surface area contributed by atoms with Crippen LogP contribution >= 0.6 is 0 Å². The lowest BCUT2D eigenvalue weighted by Gasteiger charge is -2.31. The Hall–Kier alpha value is -1.47. The average molecular weight is 272 g/mol. The van der Waals surface area contributed by atoms with Crippen molar-refractivity contribution in [3.05, 3.63) is 30.1 Å². The quantitative estimate of drug-likeness (QED) is 0.844. The Morgan fingerprint density at radius 2 is 2.17 bits per heavy atom. The molecule has 1 aliphatic heterocycles. The van der Waals surface area contributed by atoms with Gasteiger partial charge in [-0.15, -0.1) is 0 Å². The first kappa shape index (κ1) is 13.0. The molecule has 0 bridgehead atoms. The molecule has 0 spiro atoms. The Morgan fingerprint density at radius 1 is 1.44 bits per heavy atom. The number of carbonyl (C=O) groups excluding carboxylic acids is 1. The van der Waals surface area contributed by atoms with E-state index in [-0.39, 0.29) is 23.9 Å². The first-order valence-corrected chi connectivity index (χ1v) is 6.92. The van der Waals surface area contributed by atoms with Crippen molar-refractivity contribution in [2.75, 3.05) is 13.1 Å². The second kappa shape index (κ2) is 4.66. The second-order valence-electron chi connectivity index (χ2n) is 4.04. The second-order valence-corrected chi connectivity index (χ2v) is 5.93. The van der Waals surface area contributed by atoms with Crippen molar-refractivity contribution in [3.63, 3.8) is 0 Å². The molecule has 18 heavy (non-hydrogen) atoms. The van der Waals surface area contributed by atoms with Crippen LogP contribution in [0.4, 0.5) is 4.39 Å². The molecule has 98 valence electrons. The molecule has 1 fully saturated rings. The number of halogens is 1. The molecule has 1 N–H and O–H groups in total. The van der Waals surface area contributed by atoms with Crippen molar-refractivity contribution in [1.82, 2.24) is 9.62 Å². The largest absolute Gasteiger partial charge is 0.353 e. The summed E-state index contributed by atoms with van der Waals surface area (Å²) in [6, 6.07) is 3.99. The maximum absolute atomic E-state index is 13.1. The lowest BCUT2D eigenvalue weighted by Crippen LogP contribution is -2.55. The van der Waals surface area contributed by atoms with Crippen LogP contribution in [0.1, 0.15) is 6.92 Å². The van der Waals surface area contributed by atoms with Gasteiger partial charge in [0.25, 0.3) is 0 Å². The lowest BCUT2D eigenvalue weighted by molar-refractivity contribution is -0.126. The SMILES string of the molecule is CC1C(=O)NCCN1S(=O)(=O)c1cccc(F)c1. The zero-order chi connectivity index (χ0) is 13.3.